The van der Waals surface area contributed by atoms with Gasteiger partial charge in [0.25, 0.3) is 0 Å². The molecule has 1 rings (SSSR count). The highest BCUT2D eigenvalue weighted by Gasteiger charge is 2.16. The lowest BCUT2D eigenvalue weighted by Crippen LogP contribution is -2.36. The first kappa shape index (κ1) is 13.8. The van der Waals surface area contributed by atoms with E-state index in [0.717, 1.165) is 11.3 Å². The van der Waals surface area contributed by atoms with E-state index < -0.39 is 5.92 Å². The number of nitrogens with zero attached hydrogens (tertiary/aromatic N) is 1. The Bertz CT molecular complexity index is 429. The Labute approximate surface area is 105 Å². The Morgan fingerprint density at radius 1 is 1.50 bits per heavy atom. The molecule has 6 nitrogen and oxygen atoms in total. The summed E-state index contributed by atoms with van der Waals surface area (Å²) in [5.41, 5.74) is 6.29. The topological polar surface area (TPSA) is 96.9 Å². The number of oxime groups is 1. The van der Waals surface area contributed by atoms with Gasteiger partial charge in [-0.05, 0) is 24.6 Å². The molecule has 1 unspecified atom stereocenters. The van der Waals surface area contributed by atoms with Crippen LogP contribution in [0.2, 0.25) is 0 Å². The van der Waals surface area contributed by atoms with Crippen molar-refractivity contribution in [3.63, 3.8) is 0 Å². The fourth-order valence-electron chi connectivity index (χ4n) is 1.31. The van der Waals surface area contributed by atoms with E-state index >= 15 is 0 Å². The molecule has 0 aliphatic heterocycles. The van der Waals surface area contributed by atoms with Crippen LogP contribution in [0.15, 0.2) is 29.4 Å². The zero-order valence-electron chi connectivity index (χ0n) is 10.4. The van der Waals surface area contributed by atoms with E-state index in [4.69, 9.17) is 15.7 Å². The molecule has 0 spiro atoms. The minimum atomic E-state index is -0.659. The first-order valence-corrected chi connectivity index (χ1v) is 5.46. The number of methoxy groups -OCH3 is 1. The van der Waals surface area contributed by atoms with Gasteiger partial charge in [0.2, 0.25) is 5.91 Å². The number of ether oxygens (including phenoxy) is 1. The van der Waals surface area contributed by atoms with Crippen LogP contribution < -0.4 is 15.8 Å². The molecule has 0 saturated carbocycles. The molecule has 1 atom stereocenters. The van der Waals surface area contributed by atoms with Gasteiger partial charge in [-0.3, -0.25) is 4.79 Å². The molecule has 18 heavy (non-hydrogen) atoms. The van der Waals surface area contributed by atoms with E-state index in [2.05, 4.69) is 10.5 Å². The van der Waals surface area contributed by atoms with Crippen LogP contribution >= 0.6 is 0 Å². The second-order valence-electron chi connectivity index (χ2n) is 3.81. The summed E-state index contributed by atoms with van der Waals surface area (Å²) in [6.07, 6.45) is 0. The molecule has 1 amide bonds. The Balaban J connectivity index is 2.52. The van der Waals surface area contributed by atoms with Crippen molar-refractivity contribution in [3.05, 3.63) is 29.8 Å². The molecule has 1 aromatic rings. The van der Waals surface area contributed by atoms with Crippen molar-refractivity contribution in [2.45, 2.75) is 13.5 Å². The number of rotatable bonds is 5. The van der Waals surface area contributed by atoms with E-state index in [0.29, 0.717) is 6.54 Å². The summed E-state index contributed by atoms with van der Waals surface area (Å²) in [6.45, 7) is 1.95. The third kappa shape index (κ3) is 3.65. The number of carbonyl (C=O) groups is 1. The predicted molar refractivity (Wildman–Crippen MR) is 67.4 cm³/mol. The van der Waals surface area contributed by atoms with Crippen molar-refractivity contribution in [2.75, 3.05) is 7.11 Å². The number of hydrogen-bond donors (Lipinski definition) is 3. The van der Waals surface area contributed by atoms with Gasteiger partial charge in [0.1, 0.15) is 5.75 Å². The molecule has 1 aromatic carbocycles. The second-order valence-corrected chi connectivity index (χ2v) is 3.81. The van der Waals surface area contributed by atoms with Crippen molar-refractivity contribution < 1.29 is 14.7 Å². The summed E-state index contributed by atoms with van der Waals surface area (Å²) in [7, 11) is 1.59. The fraction of sp³-hybridized carbons (Fsp3) is 0.333. The van der Waals surface area contributed by atoms with Crippen molar-refractivity contribution in [3.8, 4) is 5.75 Å². The van der Waals surface area contributed by atoms with Gasteiger partial charge in [0.05, 0.1) is 13.0 Å². The average Bonchev–Trinajstić information content (AvgIpc) is 2.43. The van der Waals surface area contributed by atoms with Crippen LogP contribution in [0.25, 0.3) is 0 Å². The second kappa shape index (κ2) is 6.48. The first-order valence-electron chi connectivity index (χ1n) is 5.46. The summed E-state index contributed by atoms with van der Waals surface area (Å²) in [6, 6.07) is 7.34. The van der Waals surface area contributed by atoms with Gasteiger partial charge in [-0.1, -0.05) is 17.3 Å². The summed E-state index contributed by atoms with van der Waals surface area (Å²) >= 11 is 0. The molecule has 0 radical (unpaired) electrons. The third-order valence-electron chi connectivity index (χ3n) is 2.58. The molecule has 0 fully saturated rings. The van der Waals surface area contributed by atoms with Crippen LogP contribution in [0.5, 0.6) is 5.75 Å². The lowest BCUT2D eigenvalue weighted by molar-refractivity contribution is -0.122. The summed E-state index contributed by atoms with van der Waals surface area (Å²) in [5, 5.41) is 14.0. The third-order valence-corrected chi connectivity index (χ3v) is 2.58. The number of amidine groups is 1. The monoisotopic (exact) mass is 251 g/mol. The van der Waals surface area contributed by atoms with Gasteiger partial charge in [0.15, 0.2) is 5.84 Å². The quantitative estimate of drug-likeness (QED) is 0.310. The highest BCUT2D eigenvalue weighted by atomic mass is 16.5. The number of nitrogens with two attached hydrogens (primary N) is 1. The van der Waals surface area contributed by atoms with Crippen LogP contribution in [0, 0.1) is 5.92 Å². The number of amides is 1. The molecule has 0 heterocycles. The molecule has 0 bridgehead atoms. The molecular weight excluding hydrogens is 234 g/mol. The van der Waals surface area contributed by atoms with E-state index in [1.165, 1.54) is 0 Å². The van der Waals surface area contributed by atoms with Gasteiger partial charge < -0.3 is 21.0 Å². The SMILES string of the molecule is COc1ccc(CNC(=O)C(C)/C(N)=N/O)cc1. The lowest BCUT2D eigenvalue weighted by Gasteiger charge is -2.10. The minimum Gasteiger partial charge on any atom is -0.497 e. The van der Waals surface area contributed by atoms with Crippen LogP contribution in [0.3, 0.4) is 0 Å². The van der Waals surface area contributed by atoms with E-state index in [1.807, 2.05) is 24.3 Å². The minimum absolute atomic E-state index is 0.109. The van der Waals surface area contributed by atoms with Crippen LogP contribution in [0.4, 0.5) is 0 Å². The number of nitrogens with one attached hydrogen (secondary N) is 1. The largest absolute Gasteiger partial charge is 0.497 e. The van der Waals surface area contributed by atoms with Gasteiger partial charge in [-0.15, -0.1) is 0 Å². The van der Waals surface area contributed by atoms with E-state index in [-0.39, 0.29) is 11.7 Å². The van der Waals surface area contributed by atoms with E-state index in [1.54, 1.807) is 14.0 Å². The number of benzene rings is 1. The zero-order valence-corrected chi connectivity index (χ0v) is 10.4. The molecular formula is C12H17N3O3. The molecule has 4 N–H and O–H groups in total. The van der Waals surface area contributed by atoms with Crippen molar-refractivity contribution in [1.29, 1.82) is 0 Å². The molecule has 0 aromatic heterocycles. The maximum atomic E-state index is 11.6. The smallest absolute Gasteiger partial charge is 0.230 e. The highest BCUT2D eigenvalue weighted by Crippen LogP contribution is 2.11. The first-order chi connectivity index (χ1) is 8.58. The number of hydrogen-bond acceptors (Lipinski definition) is 4. The van der Waals surface area contributed by atoms with Crippen molar-refractivity contribution >= 4 is 11.7 Å². The molecule has 98 valence electrons. The average molecular weight is 251 g/mol. The lowest BCUT2D eigenvalue weighted by atomic mass is 10.1. The van der Waals surface area contributed by atoms with Crippen molar-refractivity contribution in [1.82, 2.24) is 5.32 Å². The number of carbonyl (C=O) groups excluding carboxylic acids is 1. The van der Waals surface area contributed by atoms with Crippen LogP contribution in [-0.2, 0) is 11.3 Å². The Morgan fingerprint density at radius 2 is 2.11 bits per heavy atom. The predicted octanol–water partition coefficient (Wildman–Crippen LogP) is 0.694. The van der Waals surface area contributed by atoms with Gasteiger partial charge in [-0.25, -0.2) is 0 Å². The molecule has 0 aliphatic carbocycles. The summed E-state index contributed by atoms with van der Waals surface area (Å²) < 4.78 is 5.03. The van der Waals surface area contributed by atoms with Crippen molar-refractivity contribution in [2.24, 2.45) is 16.8 Å². The Hall–Kier alpha value is -2.24. The Kier molecular flexibility index (Phi) is 4.98. The van der Waals surface area contributed by atoms with Gasteiger partial charge >= 0.3 is 0 Å². The molecule has 0 saturated heterocycles. The van der Waals surface area contributed by atoms with Gasteiger partial charge in [0, 0.05) is 6.54 Å². The highest BCUT2D eigenvalue weighted by molar-refractivity contribution is 6.01. The van der Waals surface area contributed by atoms with Crippen LogP contribution in [-0.4, -0.2) is 24.1 Å². The zero-order chi connectivity index (χ0) is 13.5. The maximum Gasteiger partial charge on any atom is 0.230 e. The van der Waals surface area contributed by atoms with Crippen LogP contribution in [0.1, 0.15) is 12.5 Å². The summed E-state index contributed by atoms with van der Waals surface area (Å²) in [5.74, 6) is -0.299. The maximum absolute atomic E-state index is 11.6. The normalized spacial score (nSPS) is 12.9. The Morgan fingerprint density at radius 3 is 2.61 bits per heavy atom. The van der Waals surface area contributed by atoms with E-state index in [9.17, 15) is 4.79 Å². The van der Waals surface area contributed by atoms with Gasteiger partial charge in [-0.2, -0.15) is 0 Å². The fourth-order valence-corrected chi connectivity index (χ4v) is 1.31. The molecule has 0 aliphatic rings. The standard InChI is InChI=1S/C12H17N3O3/c1-8(11(13)15-17)12(16)14-7-9-3-5-10(18-2)6-4-9/h3-6,8,17H,7H2,1-2H3,(H2,13,15)(H,14,16). The summed E-state index contributed by atoms with van der Waals surface area (Å²) in [4.78, 5) is 11.6. The molecule has 6 heteroatoms.